The van der Waals surface area contributed by atoms with E-state index in [0.717, 1.165) is 6.04 Å². The Hall–Kier alpha value is -0.0800. The smallest absolute Gasteiger partial charge is 0.0125 e. The number of piperidine rings is 1. The topological polar surface area (TPSA) is 15.3 Å². The van der Waals surface area contributed by atoms with Crippen molar-refractivity contribution >= 4 is 0 Å². The highest BCUT2D eigenvalue weighted by molar-refractivity contribution is 5.03. The highest BCUT2D eigenvalue weighted by atomic mass is 15.2. The molecule has 2 fully saturated rings. The van der Waals surface area contributed by atoms with Gasteiger partial charge >= 0.3 is 0 Å². The van der Waals surface area contributed by atoms with Crippen LogP contribution in [0.15, 0.2) is 0 Å². The highest BCUT2D eigenvalue weighted by Crippen LogP contribution is 2.49. The van der Waals surface area contributed by atoms with Gasteiger partial charge in [0.25, 0.3) is 0 Å². The number of rotatable bonds is 1. The van der Waals surface area contributed by atoms with Gasteiger partial charge in [-0.3, -0.25) is 4.90 Å². The van der Waals surface area contributed by atoms with Gasteiger partial charge in [0.05, 0.1) is 0 Å². The maximum absolute atomic E-state index is 3.50. The lowest BCUT2D eigenvalue weighted by Crippen LogP contribution is -2.59. The summed E-state index contributed by atoms with van der Waals surface area (Å²) in [5, 5.41) is 3.50. The first-order chi connectivity index (χ1) is 6.98. The summed E-state index contributed by atoms with van der Waals surface area (Å²) in [4.78, 5) is 2.64. The van der Waals surface area contributed by atoms with Crippen LogP contribution in [0.1, 0.15) is 46.5 Å². The number of nitrogens with one attached hydrogen (secondary N) is 1. The summed E-state index contributed by atoms with van der Waals surface area (Å²) in [6, 6.07) is 0.805. The molecule has 0 aromatic carbocycles. The molecule has 2 rings (SSSR count). The summed E-state index contributed by atoms with van der Waals surface area (Å²) < 4.78 is 0. The second-order valence-electron chi connectivity index (χ2n) is 6.40. The molecule has 0 aromatic heterocycles. The first-order valence-corrected chi connectivity index (χ1v) is 6.40. The van der Waals surface area contributed by atoms with Gasteiger partial charge in [0.15, 0.2) is 0 Å². The number of likely N-dealkylation sites (tertiary alicyclic amines) is 1. The minimum atomic E-state index is 0.362. The first-order valence-electron chi connectivity index (χ1n) is 6.40. The fourth-order valence-corrected chi connectivity index (χ4v) is 3.37. The third kappa shape index (κ3) is 1.94. The molecule has 1 N–H and O–H groups in total. The molecule has 88 valence electrons. The van der Waals surface area contributed by atoms with Gasteiger partial charge in [0.1, 0.15) is 0 Å². The lowest BCUT2D eigenvalue weighted by atomic mass is 9.59. The second kappa shape index (κ2) is 3.74. The number of hydrogen-bond acceptors (Lipinski definition) is 2. The molecule has 2 aliphatic rings. The van der Waals surface area contributed by atoms with Gasteiger partial charge < -0.3 is 5.32 Å². The highest BCUT2D eigenvalue weighted by Gasteiger charge is 2.48. The van der Waals surface area contributed by atoms with Crippen LogP contribution in [0.4, 0.5) is 0 Å². The zero-order valence-corrected chi connectivity index (χ0v) is 10.8. The lowest BCUT2D eigenvalue weighted by Gasteiger charge is -2.55. The van der Waals surface area contributed by atoms with Gasteiger partial charge in [-0.2, -0.15) is 0 Å². The Morgan fingerprint density at radius 2 is 1.73 bits per heavy atom. The van der Waals surface area contributed by atoms with Crippen LogP contribution in [0.25, 0.3) is 0 Å². The normalized spacial score (nSPS) is 31.6. The minimum Gasteiger partial charge on any atom is -0.316 e. The molecule has 15 heavy (non-hydrogen) atoms. The van der Waals surface area contributed by atoms with Crippen molar-refractivity contribution in [3.63, 3.8) is 0 Å². The van der Waals surface area contributed by atoms with E-state index in [9.17, 15) is 0 Å². The molecule has 1 unspecified atom stereocenters. The maximum Gasteiger partial charge on any atom is 0.0125 e. The summed E-state index contributed by atoms with van der Waals surface area (Å²) in [6.07, 6.45) is 5.65. The Labute approximate surface area is 94.4 Å². The van der Waals surface area contributed by atoms with Gasteiger partial charge in [0, 0.05) is 11.6 Å². The molecule has 2 heteroatoms. The molecule has 0 amide bonds. The van der Waals surface area contributed by atoms with Gasteiger partial charge in [-0.1, -0.05) is 0 Å². The summed E-state index contributed by atoms with van der Waals surface area (Å²) in [5.41, 5.74) is 1.02. The average molecular weight is 210 g/mol. The quantitative estimate of drug-likeness (QED) is 0.714. The molecule has 0 bridgehead atoms. The molecule has 1 spiro atoms. The van der Waals surface area contributed by atoms with E-state index in [2.05, 4.69) is 38.0 Å². The van der Waals surface area contributed by atoms with Gasteiger partial charge in [-0.15, -0.1) is 0 Å². The van der Waals surface area contributed by atoms with Crippen LogP contribution in [-0.2, 0) is 0 Å². The van der Waals surface area contributed by atoms with E-state index in [-0.39, 0.29) is 0 Å². The van der Waals surface area contributed by atoms with Crippen LogP contribution in [0.2, 0.25) is 0 Å². The molecule has 1 aliphatic carbocycles. The van der Waals surface area contributed by atoms with E-state index in [1.165, 1.54) is 38.8 Å². The van der Waals surface area contributed by atoms with Crippen LogP contribution in [0.3, 0.4) is 0 Å². The van der Waals surface area contributed by atoms with Crippen LogP contribution >= 0.6 is 0 Å². The Kier molecular flexibility index (Phi) is 2.85. The summed E-state index contributed by atoms with van der Waals surface area (Å²) in [5.74, 6) is 0. The largest absolute Gasteiger partial charge is 0.316 e. The molecule has 1 saturated carbocycles. The minimum absolute atomic E-state index is 0.362. The zero-order chi connectivity index (χ0) is 11.1. The predicted molar refractivity (Wildman–Crippen MR) is 65.1 cm³/mol. The molecule has 2 nitrogen and oxygen atoms in total. The fourth-order valence-electron chi connectivity index (χ4n) is 3.37. The average Bonchev–Trinajstić information content (AvgIpc) is 2.16. The molecule has 1 saturated heterocycles. The predicted octanol–water partition coefficient (Wildman–Crippen LogP) is 2.25. The van der Waals surface area contributed by atoms with Gasteiger partial charge in [0.2, 0.25) is 0 Å². The molecule has 1 heterocycles. The fraction of sp³-hybridized carbons (Fsp3) is 1.00. The van der Waals surface area contributed by atoms with Crippen molar-refractivity contribution in [3.05, 3.63) is 0 Å². The van der Waals surface area contributed by atoms with Crippen LogP contribution in [-0.4, -0.2) is 36.6 Å². The van der Waals surface area contributed by atoms with Crippen LogP contribution in [0.5, 0.6) is 0 Å². The van der Waals surface area contributed by atoms with E-state index in [1.54, 1.807) is 0 Å². The summed E-state index contributed by atoms with van der Waals surface area (Å²) >= 11 is 0. The van der Waals surface area contributed by atoms with Crippen molar-refractivity contribution in [2.24, 2.45) is 5.41 Å². The third-order valence-electron chi connectivity index (χ3n) is 4.73. The van der Waals surface area contributed by atoms with E-state index < -0.39 is 0 Å². The van der Waals surface area contributed by atoms with Gasteiger partial charge in [-0.25, -0.2) is 0 Å². The first kappa shape index (κ1) is 11.4. The van der Waals surface area contributed by atoms with Crippen LogP contribution in [0, 0.1) is 5.41 Å². The molecule has 1 aliphatic heterocycles. The Balaban J connectivity index is 1.92. The SMILES string of the molecule is CNC1CCC12CCN(C(C)(C)C)CC2. The van der Waals surface area contributed by atoms with Crippen molar-refractivity contribution < 1.29 is 0 Å². The standard InChI is InChI=1S/C13H26N2/c1-12(2,3)15-9-7-13(8-10-15)6-5-11(13)14-4/h11,14H,5-10H2,1-4H3. The third-order valence-corrected chi connectivity index (χ3v) is 4.73. The maximum atomic E-state index is 3.50. The number of hydrogen-bond donors (Lipinski definition) is 1. The Bertz CT molecular complexity index is 219. The van der Waals surface area contributed by atoms with E-state index in [4.69, 9.17) is 0 Å². The summed E-state index contributed by atoms with van der Waals surface area (Å²) in [6.45, 7) is 9.59. The van der Waals surface area contributed by atoms with Crippen molar-refractivity contribution in [1.82, 2.24) is 10.2 Å². The monoisotopic (exact) mass is 210 g/mol. The zero-order valence-electron chi connectivity index (χ0n) is 10.8. The Morgan fingerprint density at radius 1 is 1.13 bits per heavy atom. The van der Waals surface area contributed by atoms with Crippen LogP contribution < -0.4 is 5.32 Å². The van der Waals surface area contributed by atoms with Crippen molar-refractivity contribution in [2.75, 3.05) is 20.1 Å². The Morgan fingerprint density at radius 3 is 2.07 bits per heavy atom. The van der Waals surface area contributed by atoms with E-state index in [0.29, 0.717) is 11.0 Å². The van der Waals surface area contributed by atoms with Crippen molar-refractivity contribution in [3.8, 4) is 0 Å². The molecular weight excluding hydrogens is 184 g/mol. The summed E-state index contributed by atoms with van der Waals surface area (Å²) in [7, 11) is 2.13. The van der Waals surface area contributed by atoms with E-state index in [1.807, 2.05) is 0 Å². The molecular formula is C13H26N2. The molecule has 1 atom stereocenters. The van der Waals surface area contributed by atoms with E-state index >= 15 is 0 Å². The molecule has 0 radical (unpaired) electrons. The second-order valence-corrected chi connectivity index (χ2v) is 6.40. The van der Waals surface area contributed by atoms with Gasteiger partial charge in [-0.05, 0) is 72.0 Å². The van der Waals surface area contributed by atoms with Crippen molar-refractivity contribution in [1.29, 1.82) is 0 Å². The molecule has 0 aromatic rings. The van der Waals surface area contributed by atoms with Crippen molar-refractivity contribution in [2.45, 2.75) is 58.0 Å². The lowest BCUT2D eigenvalue weighted by molar-refractivity contribution is -0.0287. The number of nitrogens with zero attached hydrogens (tertiary/aromatic N) is 1.